The molecule has 0 fully saturated rings. The lowest BCUT2D eigenvalue weighted by Crippen LogP contribution is -2.35. The molecule has 0 heterocycles. The van der Waals surface area contributed by atoms with Crippen LogP contribution in [0.2, 0.25) is 5.02 Å². The van der Waals surface area contributed by atoms with E-state index < -0.39 is 6.03 Å². The van der Waals surface area contributed by atoms with Crippen molar-refractivity contribution in [2.75, 3.05) is 11.4 Å². The van der Waals surface area contributed by atoms with Gasteiger partial charge in [0.2, 0.25) is 0 Å². The van der Waals surface area contributed by atoms with Gasteiger partial charge in [0.15, 0.2) is 0 Å². The van der Waals surface area contributed by atoms with Gasteiger partial charge in [0.05, 0.1) is 0 Å². The van der Waals surface area contributed by atoms with Crippen LogP contribution in [0.5, 0.6) is 0 Å². The molecule has 0 bridgehead atoms. The fraction of sp³-hybridized carbons (Fsp3) is 0.300. The van der Waals surface area contributed by atoms with E-state index in [0.29, 0.717) is 11.6 Å². The predicted molar refractivity (Wildman–Crippen MR) is 58.8 cm³/mol. The summed E-state index contributed by atoms with van der Waals surface area (Å²) in [5.74, 6) is 0. The van der Waals surface area contributed by atoms with Gasteiger partial charge in [-0.15, -0.1) is 0 Å². The summed E-state index contributed by atoms with van der Waals surface area (Å²) >= 11 is 5.94. The molecular weight excluding hydrogens is 200 g/mol. The Morgan fingerprint density at radius 1 is 1.57 bits per heavy atom. The highest BCUT2D eigenvalue weighted by Gasteiger charge is 2.13. The molecule has 1 aromatic carbocycles. The molecule has 0 spiro atoms. The largest absolute Gasteiger partial charge is 0.351 e. The van der Waals surface area contributed by atoms with Crippen molar-refractivity contribution in [1.82, 2.24) is 0 Å². The number of halogens is 1. The lowest BCUT2D eigenvalue weighted by atomic mass is 10.2. The minimum atomic E-state index is -0.460. The third-order valence-electron chi connectivity index (χ3n) is 2.11. The smallest absolute Gasteiger partial charge is 0.319 e. The number of primary amides is 1. The van der Waals surface area contributed by atoms with Crippen molar-refractivity contribution in [3.63, 3.8) is 0 Å². The topological polar surface area (TPSA) is 46.3 Å². The fourth-order valence-corrected chi connectivity index (χ4v) is 1.50. The average molecular weight is 213 g/mol. The minimum absolute atomic E-state index is 0.460. The lowest BCUT2D eigenvalue weighted by molar-refractivity contribution is 0.254. The van der Waals surface area contributed by atoms with E-state index in [2.05, 4.69) is 0 Å². The van der Waals surface area contributed by atoms with Crippen molar-refractivity contribution in [3.8, 4) is 0 Å². The molecule has 76 valence electrons. The van der Waals surface area contributed by atoms with E-state index >= 15 is 0 Å². The summed E-state index contributed by atoms with van der Waals surface area (Å²) in [6.07, 6.45) is 0. The van der Waals surface area contributed by atoms with Crippen LogP contribution in [0.1, 0.15) is 12.5 Å². The number of nitrogens with two attached hydrogens (primary N) is 1. The summed E-state index contributed by atoms with van der Waals surface area (Å²) in [7, 11) is 0. The molecule has 0 saturated heterocycles. The summed E-state index contributed by atoms with van der Waals surface area (Å²) in [6, 6.07) is 4.96. The highest BCUT2D eigenvalue weighted by atomic mass is 35.5. The van der Waals surface area contributed by atoms with Gasteiger partial charge in [-0.3, -0.25) is 4.90 Å². The van der Waals surface area contributed by atoms with Crippen molar-refractivity contribution in [3.05, 3.63) is 28.8 Å². The Morgan fingerprint density at radius 3 is 2.71 bits per heavy atom. The number of rotatable bonds is 2. The number of urea groups is 1. The van der Waals surface area contributed by atoms with Gasteiger partial charge in [0.1, 0.15) is 0 Å². The Balaban J connectivity index is 3.16. The van der Waals surface area contributed by atoms with Gasteiger partial charge >= 0.3 is 6.03 Å². The summed E-state index contributed by atoms with van der Waals surface area (Å²) in [5.41, 5.74) is 6.88. The third kappa shape index (κ3) is 1.99. The molecule has 0 aromatic heterocycles. The summed E-state index contributed by atoms with van der Waals surface area (Å²) < 4.78 is 0. The Hall–Kier alpha value is -1.22. The third-order valence-corrected chi connectivity index (χ3v) is 2.52. The van der Waals surface area contributed by atoms with E-state index in [1.165, 1.54) is 4.90 Å². The van der Waals surface area contributed by atoms with Crippen LogP contribution < -0.4 is 10.6 Å². The maximum atomic E-state index is 11.1. The maximum absolute atomic E-state index is 11.1. The molecule has 0 radical (unpaired) electrons. The number of nitrogens with zero attached hydrogens (tertiary/aromatic N) is 1. The molecule has 2 amide bonds. The average Bonchev–Trinajstić information content (AvgIpc) is 2.13. The number of anilines is 1. The summed E-state index contributed by atoms with van der Waals surface area (Å²) in [4.78, 5) is 12.6. The molecule has 0 saturated carbocycles. The second-order valence-corrected chi connectivity index (χ2v) is 3.37. The SMILES string of the molecule is CCN(C(N)=O)c1cccc(Cl)c1C. The quantitative estimate of drug-likeness (QED) is 0.805. The van der Waals surface area contributed by atoms with Crippen molar-refractivity contribution >= 4 is 23.3 Å². The first-order valence-corrected chi connectivity index (χ1v) is 4.77. The number of hydrogen-bond donors (Lipinski definition) is 1. The molecule has 0 aliphatic heterocycles. The molecule has 0 aliphatic rings. The predicted octanol–water partition coefficient (Wildman–Crippen LogP) is 2.55. The van der Waals surface area contributed by atoms with E-state index in [0.717, 1.165) is 11.3 Å². The number of amides is 2. The lowest BCUT2D eigenvalue weighted by Gasteiger charge is -2.20. The molecule has 14 heavy (non-hydrogen) atoms. The molecule has 4 heteroatoms. The van der Waals surface area contributed by atoms with E-state index in [9.17, 15) is 4.79 Å². The van der Waals surface area contributed by atoms with Crippen LogP contribution in [0.4, 0.5) is 10.5 Å². The molecule has 0 atom stereocenters. The highest BCUT2D eigenvalue weighted by molar-refractivity contribution is 6.31. The Labute approximate surface area is 88.5 Å². The van der Waals surface area contributed by atoms with Crippen molar-refractivity contribution in [2.24, 2.45) is 5.73 Å². The first kappa shape index (κ1) is 10.9. The fourth-order valence-electron chi connectivity index (χ4n) is 1.33. The summed E-state index contributed by atoms with van der Waals surface area (Å²) in [6.45, 7) is 4.27. The van der Waals surface area contributed by atoms with Gasteiger partial charge < -0.3 is 5.73 Å². The van der Waals surface area contributed by atoms with Crippen LogP contribution in [0.15, 0.2) is 18.2 Å². The Bertz CT molecular complexity index is 352. The molecule has 2 N–H and O–H groups in total. The molecular formula is C10H13ClN2O. The van der Waals surface area contributed by atoms with Gasteiger partial charge in [0.25, 0.3) is 0 Å². The van der Waals surface area contributed by atoms with Gasteiger partial charge in [0, 0.05) is 17.3 Å². The van der Waals surface area contributed by atoms with Crippen molar-refractivity contribution in [1.29, 1.82) is 0 Å². The van der Waals surface area contributed by atoms with E-state index in [-0.39, 0.29) is 0 Å². The van der Waals surface area contributed by atoms with E-state index in [1.54, 1.807) is 12.1 Å². The van der Waals surface area contributed by atoms with Crippen LogP contribution in [-0.2, 0) is 0 Å². The number of benzene rings is 1. The maximum Gasteiger partial charge on any atom is 0.319 e. The van der Waals surface area contributed by atoms with Crippen LogP contribution in [-0.4, -0.2) is 12.6 Å². The second kappa shape index (κ2) is 4.33. The molecule has 0 aliphatic carbocycles. The van der Waals surface area contributed by atoms with Crippen LogP contribution in [0, 0.1) is 6.92 Å². The van der Waals surface area contributed by atoms with Gasteiger partial charge in [-0.25, -0.2) is 4.79 Å². The number of hydrogen-bond acceptors (Lipinski definition) is 1. The Kier molecular flexibility index (Phi) is 3.36. The highest BCUT2D eigenvalue weighted by Crippen LogP contribution is 2.26. The molecule has 0 unspecified atom stereocenters. The number of carbonyl (C=O) groups is 1. The van der Waals surface area contributed by atoms with Gasteiger partial charge in [-0.05, 0) is 31.5 Å². The monoisotopic (exact) mass is 212 g/mol. The molecule has 3 nitrogen and oxygen atoms in total. The van der Waals surface area contributed by atoms with Crippen LogP contribution >= 0.6 is 11.6 Å². The normalized spacial score (nSPS) is 9.93. The zero-order valence-electron chi connectivity index (χ0n) is 8.25. The first-order valence-electron chi connectivity index (χ1n) is 4.40. The van der Waals surface area contributed by atoms with E-state index in [1.807, 2.05) is 19.9 Å². The zero-order valence-corrected chi connectivity index (χ0v) is 9.01. The van der Waals surface area contributed by atoms with Gasteiger partial charge in [-0.1, -0.05) is 17.7 Å². The number of carbonyl (C=O) groups excluding carboxylic acids is 1. The van der Waals surface area contributed by atoms with Crippen molar-refractivity contribution in [2.45, 2.75) is 13.8 Å². The first-order chi connectivity index (χ1) is 6.57. The van der Waals surface area contributed by atoms with E-state index in [4.69, 9.17) is 17.3 Å². The minimum Gasteiger partial charge on any atom is -0.351 e. The van der Waals surface area contributed by atoms with Crippen LogP contribution in [0.25, 0.3) is 0 Å². The van der Waals surface area contributed by atoms with Gasteiger partial charge in [-0.2, -0.15) is 0 Å². The standard InChI is InChI=1S/C10H13ClN2O/c1-3-13(10(12)14)9-6-4-5-8(11)7(9)2/h4-6H,3H2,1-2H3,(H2,12,14). The molecule has 1 aromatic rings. The molecule has 1 rings (SSSR count). The Morgan fingerprint density at radius 2 is 2.21 bits per heavy atom. The second-order valence-electron chi connectivity index (χ2n) is 2.97. The summed E-state index contributed by atoms with van der Waals surface area (Å²) in [5, 5.41) is 0.641. The van der Waals surface area contributed by atoms with Crippen molar-refractivity contribution < 1.29 is 4.79 Å². The van der Waals surface area contributed by atoms with Crippen LogP contribution in [0.3, 0.4) is 0 Å². The zero-order chi connectivity index (χ0) is 10.7.